The number of rotatable bonds is 9. The van der Waals surface area contributed by atoms with Crippen molar-refractivity contribution in [3.05, 3.63) is 60.7 Å². The van der Waals surface area contributed by atoms with Gasteiger partial charge in [-0.25, -0.2) is 0 Å². The van der Waals surface area contributed by atoms with Crippen molar-refractivity contribution in [2.75, 3.05) is 11.5 Å². The van der Waals surface area contributed by atoms with Gasteiger partial charge in [0.05, 0.1) is 5.92 Å². The van der Waals surface area contributed by atoms with Crippen LogP contribution in [0.1, 0.15) is 12.8 Å². The summed E-state index contributed by atoms with van der Waals surface area (Å²) in [7, 11) is 0. The minimum absolute atomic E-state index is 0.257. The highest BCUT2D eigenvalue weighted by Gasteiger charge is 2.16. The summed E-state index contributed by atoms with van der Waals surface area (Å²) < 4.78 is 0. The number of carboxylic acid groups (broad SMARTS) is 1. The zero-order valence-electron chi connectivity index (χ0n) is 12.4. The smallest absolute Gasteiger partial charge is 0.306 e. The summed E-state index contributed by atoms with van der Waals surface area (Å²) in [6.07, 6.45) is 1.43. The molecule has 2 rings (SSSR count). The Kier molecular flexibility index (Phi) is 7.40. The Labute approximate surface area is 140 Å². The van der Waals surface area contributed by atoms with Gasteiger partial charge >= 0.3 is 5.97 Å². The van der Waals surface area contributed by atoms with Crippen molar-refractivity contribution in [3.63, 3.8) is 0 Å². The lowest BCUT2D eigenvalue weighted by molar-refractivity contribution is -0.141. The molecule has 0 radical (unpaired) electrons. The molecule has 0 atom stereocenters. The van der Waals surface area contributed by atoms with E-state index in [4.69, 9.17) is 0 Å². The van der Waals surface area contributed by atoms with E-state index >= 15 is 0 Å². The van der Waals surface area contributed by atoms with Gasteiger partial charge in [0.1, 0.15) is 0 Å². The number of carbonyl (C=O) groups is 1. The van der Waals surface area contributed by atoms with Crippen LogP contribution >= 0.6 is 23.5 Å². The summed E-state index contributed by atoms with van der Waals surface area (Å²) in [6.45, 7) is 0. The molecule has 2 aromatic rings. The van der Waals surface area contributed by atoms with Crippen molar-refractivity contribution in [2.24, 2.45) is 5.92 Å². The first-order valence-corrected chi connectivity index (χ1v) is 9.31. The minimum atomic E-state index is -0.678. The molecule has 0 bridgehead atoms. The topological polar surface area (TPSA) is 37.3 Å². The van der Waals surface area contributed by atoms with E-state index < -0.39 is 5.97 Å². The van der Waals surface area contributed by atoms with Crippen molar-refractivity contribution in [2.45, 2.75) is 22.6 Å². The predicted octanol–water partition coefficient (Wildman–Crippen LogP) is 5.05. The molecule has 2 aromatic carbocycles. The van der Waals surface area contributed by atoms with Crippen LogP contribution in [0, 0.1) is 5.92 Å². The first kappa shape index (κ1) is 17.0. The highest BCUT2D eigenvalue weighted by Crippen LogP contribution is 2.24. The molecule has 0 aliphatic carbocycles. The van der Waals surface area contributed by atoms with E-state index in [0.29, 0.717) is 12.8 Å². The maximum absolute atomic E-state index is 11.4. The SMILES string of the molecule is O=C(O)C(CCSc1ccccc1)CCSc1ccccc1. The molecule has 0 heterocycles. The standard InChI is InChI=1S/C18H20O2S2/c19-18(20)15(11-13-21-16-7-3-1-4-8-16)12-14-22-17-9-5-2-6-10-17/h1-10,15H,11-14H2,(H,19,20). The van der Waals surface area contributed by atoms with E-state index in [1.807, 2.05) is 36.4 Å². The lowest BCUT2D eigenvalue weighted by Gasteiger charge is -2.11. The highest BCUT2D eigenvalue weighted by molar-refractivity contribution is 7.99. The summed E-state index contributed by atoms with van der Waals surface area (Å²) in [6, 6.07) is 20.3. The summed E-state index contributed by atoms with van der Waals surface area (Å²) in [4.78, 5) is 13.8. The molecular formula is C18H20O2S2. The van der Waals surface area contributed by atoms with E-state index in [1.165, 1.54) is 9.79 Å². The number of aliphatic carboxylic acids is 1. The van der Waals surface area contributed by atoms with Crippen LogP contribution in [0.2, 0.25) is 0 Å². The van der Waals surface area contributed by atoms with Crippen LogP contribution in [0.4, 0.5) is 0 Å². The van der Waals surface area contributed by atoms with Gasteiger partial charge in [-0.2, -0.15) is 0 Å². The second-order valence-corrected chi connectivity index (χ2v) is 7.27. The molecule has 0 aromatic heterocycles. The molecule has 1 N–H and O–H groups in total. The number of thioether (sulfide) groups is 2. The van der Waals surface area contributed by atoms with E-state index in [0.717, 1.165) is 11.5 Å². The first-order valence-electron chi connectivity index (χ1n) is 7.34. The van der Waals surface area contributed by atoms with Gasteiger partial charge in [0.2, 0.25) is 0 Å². The lowest BCUT2D eigenvalue weighted by Crippen LogP contribution is -2.15. The Balaban J connectivity index is 1.72. The largest absolute Gasteiger partial charge is 0.481 e. The molecule has 0 unspecified atom stereocenters. The molecule has 116 valence electrons. The second kappa shape index (κ2) is 9.59. The second-order valence-electron chi connectivity index (χ2n) is 4.94. The summed E-state index contributed by atoms with van der Waals surface area (Å²) >= 11 is 3.45. The fraction of sp³-hybridized carbons (Fsp3) is 0.278. The molecule has 0 amide bonds. The number of carboxylic acids is 1. The van der Waals surface area contributed by atoms with Gasteiger partial charge in [0.25, 0.3) is 0 Å². The van der Waals surface area contributed by atoms with Crippen LogP contribution in [-0.4, -0.2) is 22.6 Å². The Morgan fingerprint density at radius 2 is 1.23 bits per heavy atom. The lowest BCUT2D eigenvalue weighted by atomic mass is 10.0. The summed E-state index contributed by atoms with van der Waals surface area (Å²) in [5, 5.41) is 9.35. The third kappa shape index (κ3) is 6.16. The van der Waals surface area contributed by atoms with Crippen LogP contribution in [0.3, 0.4) is 0 Å². The zero-order valence-corrected chi connectivity index (χ0v) is 14.0. The van der Waals surface area contributed by atoms with E-state index in [2.05, 4.69) is 24.3 Å². The maximum atomic E-state index is 11.4. The van der Waals surface area contributed by atoms with Crippen LogP contribution < -0.4 is 0 Å². The van der Waals surface area contributed by atoms with Crippen LogP contribution in [0.5, 0.6) is 0 Å². The molecule has 0 fully saturated rings. The molecule has 0 aliphatic heterocycles. The van der Waals surface area contributed by atoms with Gasteiger partial charge in [-0.3, -0.25) is 4.79 Å². The third-order valence-electron chi connectivity index (χ3n) is 3.31. The first-order chi connectivity index (χ1) is 10.8. The van der Waals surface area contributed by atoms with Crippen LogP contribution in [0.15, 0.2) is 70.5 Å². The molecule has 0 aliphatic rings. The highest BCUT2D eigenvalue weighted by atomic mass is 32.2. The Morgan fingerprint density at radius 3 is 1.59 bits per heavy atom. The molecular weight excluding hydrogens is 312 g/mol. The quantitative estimate of drug-likeness (QED) is 0.652. The number of hydrogen-bond donors (Lipinski definition) is 1. The molecule has 0 saturated carbocycles. The average Bonchev–Trinajstić information content (AvgIpc) is 2.55. The predicted molar refractivity (Wildman–Crippen MR) is 94.7 cm³/mol. The monoisotopic (exact) mass is 332 g/mol. The minimum Gasteiger partial charge on any atom is -0.481 e. The van der Waals surface area contributed by atoms with Crippen molar-refractivity contribution in [1.82, 2.24) is 0 Å². The van der Waals surface area contributed by atoms with Gasteiger partial charge in [-0.05, 0) is 48.6 Å². The van der Waals surface area contributed by atoms with Gasteiger partial charge in [-0.1, -0.05) is 36.4 Å². The van der Waals surface area contributed by atoms with Gasteiger partial charge < -0.3 is 5.11 Å². The van der Waals surface area contributed by atoms with E-state index in [9.17, 15) is 9.90 Å². The van der Waals surface area contributed by atoms with Crippen LogP contribution in [0.25, 0.3) is 0 Å². The number of hydrogen-bond acceptors (Lipinski definition) is 3. The maximum Gasteiger partial charge on any atom is 0.306 e. The normalized spacial score (nSPS) is 10.8. The van der Waals surface area contributed by atoms with Crippen molar-refractivity contribution < 1.29 is 9.90 Å². The third-order valence-corrected chi connectivity index (χ3v) is 5.40. The summed E-state index contributed by atoms with van der Waals surface area (Å²) in [5.41, 5.74) is 0. The summed E-state index contributed by atoms with van der Waals surface area (Å²) in [5.74, 6) is 0.753. The number of benzene rings is 2. The van der Waals surface area contributed by atoms with Gasteiger partial charge in [0, 0.05) is 9.79 Å². The van der Waals surface area contributed by atoms with E-state index in [1.54, 1.807) is 23.5 Å². The molecule has 2 nitrogen and oxygen atoms in total. The molecule has 0 saturated heterocycles. The molecule has 22 heavy (non-hydrogen) atoms. The van der Waals surface area contributed by atoms with Gasteiger partial charge in [-0.15, -0.1) is 23.5 Å². The Morgan fingerprint density at radius 1 is 0.818 bits per heavy atom. The van der Waals surface area contributed by atoms with Crippen molar-refractivity contribution in [1.29, 1.82) is 0 Å². The van der Waals surface area contributed by atoms with Crippen LogP contribution in [-0.2, 0) is 4.79 Å². The average molecular weight is 332 g/mol. The fourth-order valence-corrected chi connectivity index (χ4v) is 4.04. The fourth-order valence-electron chi connectivity index (χ4n) is 2.06. The van der Waals surface area contributed by atoms with Crippen molar-refractivity contribution in [3.8, 4) is 0 Å². The van der Waals surface area contributed by atoms with Crippen molar-refractivity contribution >= 4 is 29.5 Å². The van der Waals surface area contributed by atoms with E-state index in [-0.39, 0.29) is 5.92 Å². The zero-order chi connectivity index (χ0) is 15.6. The Bertz CT molecular complexity index is 512. The van der Waals surface area contributed by atoms with Gasteiger partial charge in [0.15, 0.2) is 0 Å². The molecule has 4 heteroatoms. The Hall–Kier alpha value is -1.39. The molecule has 0 spiro atoms.